The molecule has 110 valence electrons. The van der Waals surface area contributed by atoms with Crippen molar-refractivity contribution in [1.29, 1.82) is 0 Å². The van der Waals surface area contributed by atoms with Crippen LogP contribution in [0.15, 0.2) is 0 Å². The lowest BCUT2D eigenvalue weighted by Gasteiger charge is -2.36. The van der Waals surface area contributed by atoms with Crippen molar-refractivity contribution in [3.8, 4) is 0 Å². The Hall–Kier alpha value is -1.10. The molecule has 0 radical (unpaired) electrons. The first-order valence-corrected chi connectivity index (χ1v) is 7.20. The Bertz CT molecular complexity index is 325. The zero-order valence-electron chi connectivity index (χ0n) is 11.9. The first-order chi connectivity index (χ1) is 8.96. The minimum atomic E-state index is -0.967. The summed E-state index contributed by atoms with van der Waals surface area (Å²) in [5.74, 6) is -1.23. The summed E-state index contributed by atoms with van der Waals surface area (Å²) in [4.78, 5) is 23.7. The summed E-state index contributed by atoms with van der Waals surface area (Å²) >= 11 is 0. The fourth-order valence-electron chi connectivity index (χ4n) is 2.73. The molecule has 0 heterocycles. The van der Waals surface area contributed by atoms with E-state index in [1.54, 1.807) is 0 Å². The van der Waals surface area contributed by atoms with E-state index in [1.165, 1.54) is 0 Å². The monoisotopic (exact) mass is 270 g/mol. The fraction of sp³-hybridized carbons (Fsp3) is 0.857. The molecule has 0 saturated heterocycles. The summed E-state index contributed by atoms with van der Waals surface area (Å²) in [5.41, 5.74) is 5.24. The molecule has 1 aliphatic rings. The third-order valence-corrected chi connectivity index (χ3v) is 4.45. The van der Waals surface area contributed by atoms with Crippen LogP contribution in [0.5, 0.6) is 0 Å². The largest absolute Gasteiger partial charge is 0.480 e. The molecule has 1 rings (SSSR count). The average Bonchev–Trinajstić information content (AvgIpc) is 2.43. The number of carbonyl (C=O) groups excluding carboxylic acids is 1. The van der Waals surface area contributed by atoms with Crippen molar-refractivity contribution < 1.29 is 14.7 Å². The first kappa shape index (κ1) is 16.0. The molecule has 5 heteroatoms. The van der Waals surface area contributed by atoms with Crippen molar-refractivity contribution in [2.75, 3.05) is 6.54 Å². The number of carbonyl (C=O) groups is 2. The topological polar surface area (TPSA) is 92.4 Å². The summed E-state index contributed by atoms with van der Waals surface area (Å²) in [6, 6.07) is -0.817. The number of aliphatic carboxylic acids is 1. The third kappa shape index (κ3) is 3.69. The standard InChI is InChI=1S/C14H26N2O3/c1-3-10(2)11(12(17)18)16-13(19)14(9-15)7-5-4-6-8-14/h10-11H,3-9,15H2,1-2H3,(H,16,19)(H,17,18)/t10-,11-/m0/s1. The fourth-order valence-corrected chi connectivity index (χ4v) is 2.73. The molecular weight excluding hydrogens is 244 g/mol. The quantitative estimate of drug-likeness (QED) is 0.682. The molecule has 0 aromatic rings. The van der Waals surface area contributed by atoms with Gasteiger partial charge in [-0.2, -0.15) is 0 Å². The molecule has 0 aliphatic heterocycles. The number of nitrogens with one attached hydrogen (secondary N) is 1. The van der Waals surface area contributed by atoms with Crippen LogP contribution in [0.1, 0.15) is 52.4 Å². The number of rotatable bonds is 6. The van der Waals surface area contributed by atoms with Gasteiger partial charge in [-0.25, -0.2) is 4.79 Å². The zero-order valence-corrected chi connectivity index (χ0v) is 11.9. The predicted octanol–water partition coefficient (Wildman–Crippen LogP) is 1.51. The van der Waals surface area contributed by atoms with E-state index in [0.717, 1.165) is 32.1 Å². The number of hydrogen-bond acceptors (Lipinski definition) is 3. The molecule has 5 nitrogen and oxygen atoms in total. The van der Waals surface area contributed by atoms with Gasteiger partial charge in [-0.1, -0.05) is 39.5 Å². The van der Waals surface area contributed by atoms with E-state index in [-0.39, 0.29) is 11.8 Å². The van der Waals surface area contributed by atoms with Crippen LogP contribution in [-0.4, -0.2) is 29.6 Å². The van der Waals surface area contributed by atoms with Crippen molar-refractivity contribution in [1.82, 2.24) is 5.32 Å². The van der Waals surface area contributed by atoms with Crippen LogP contribution < -0.4 is 11.1 Å². The molecule has 4 N–H and O–H groups in total. The highest BCUT2D eigenvalue weighted by Gasteiger charge is 2.40. The molecule has 0 unspecified atom stereocenters. The molecule has 0 aromatic carbocycles. The van der Waals surface area contributed by atoms with Gasteiger partial charge in [-0.05, 0) is 18.8 Å². The normalized spacial score (nSPS) is 21.4. The van der Waals surface area contributed by atoms with Crippen LogP contribution in [0.4, 0.5) is 0 Å². The summed E-state index contributed by atoms with van der Waals surface area (Å²) in [6.07, 6.45) is 5.36. The van der Waals surface area contributed by atoms with Crippen molar-refractivity contribution >= 4 is 11.9 Å². The Morgan fingerprint density at radius 3 is 2.32 bits per heavy atom. The van der Waals surface area contributed by atoms with Gasteiger partial charge in [-0.3, -0.25) is 4.79 Å². The average molecular weight is 270 g/mol. The Kier molecular flexibility index (Phi) is 5.79. The van der Waals surface area contributed by atoms with E-state index in [4.69, 9.17) is 5.73 Å². The zero-order chi connectivity index (χ0) is 14.5. The minimum Gasteiger partial charge on any atom is -0.480 e. The summed E-state index contributed by atoms with van der Waals surface area (Å²) < 4.78 is 0. The van der Waals surface area contributed by atoms with Crippen LogP contribution in [0, 0.1) is 11.3 Å². The van der Waals surface area contributed by atoms with Gasteiger partial charge >= 0.3 is 5.97 Å². The highest BCUT2D eigenvalue weighted by atomic mass is 16.4. The minimum absolute atomic E-state index is 0.0835. The molecule has 0 aromatic heterocycles. The third-order valence-electron chi connectivity index (χ3n) is 4.45. The van der Waals surface area contributed by atoms with Gasteiger partial charge < -0.3 is 16.2 Å². The molecule has 1 amide bonds. The summed E-state index contributed by atoms with van der Waals surface area (Å²) in [7, 11) is 0. The van der Waals surface area contributed by atoms with Gasteiger partial charge in [0.1, 0.15) is 6.04 Å². The van der Waals surface area contributed by atoms with E-state index in [9.17, 15) is 14.7 Å². The molecule has 1 saturated carbocycles. The summed E-state index contributed by atoms with van der Waals surface area (Å²) in [6.45, 7) is 4.06. The maximum Gasteiger partial charge on any atom is 0.326 e. The molecule has 1 fully saturated rings. The van der Waals surface area contributed by atoms with Gasteiger partial charge in [0.05, 0.1) is 5.41 Å². The molecule has 19 heavy (non-hydrogen) atoms. The van der Waals surface area contributed by atoms with Gasteiger partial charge in [0.25, 0.3) is 0 Å². The maximum atomic E-state index is 12.4. The Morgan fingerprint density at radius 1 is 1.32 bits per heavy atom. The van der Waals surface area contributed by atoms with E-state index >= 15 is 0 Å². The highest BCUT2D eigenvalue weighted by molar-refractivity contribution is 5.87. The summed E-state index contributed by atoms with van der Waals surface area (Å²) in [5, 5.41) is 11.9. The lowest BCUT2D eigenvalue weighted by atomic mass is 9.73. The molecule has 0 spiro atoms. The predicted molar refractivity (Wildman–Crippen MR) is 73.6 cm³/mol. The molecule has 1 aliphatic carbocycles. The van der Waals surface area contributed by atoms with Crippen LogP contribution in [0.2, 0.25) is 0 Å². The van der Waals surface area contributed by atoms with Crippen molar-refractivity contribution in [3.05, 3.63) is 0 Å². The number of carboxylic acids is 1. The van der Waals surface area contributed by atoms with Gasteiger partial charge in [-0.15, -0.1) is 0 Å². The first-order valence-electron chi connectivity index (χ1n) is 7.20. The van der Waals surface area contributed by atoms with Crippen LogP contribution in [0.25, 0.3) is 0 Å². The van der Waals surface area contributed by atoms with Crippen molar-refractivity contribution in [3.63, 3.8) is 0 Å². The Morgan fingerprint density at radius 2 is 1.89 bits per heavy atom. The molecular formula is C14H26N2O3. The van der Waals surface area contributed by atoms with Crippen LogP contribution >= 0.6 is 0 Å². The molecule has 0 bridgehead atoms. The lowest BCUT2D eigenvalue weighted by molar-refractivity contribution is -0.146. The second-order valence-electron chi connectivity index (χ2n) is 5.72. The SMILES string of the molecule is CC[C@H](C)[C@H](NC(=O)C1(CN)CCCCC1)C(=O)O. The van der Waals surface area contributed by atoms with E-state index in [2.05, 4.69) is 5.32 Å². The van der Waals surface area contributed by atoms with Gasteiger partial charge in [0, 0.05) is 6.54 Å². The van der Waals surface area contributed by atoms with Crippen molar-refractivity contribution in [2.45, 2.75) is 58.4 Å². The Labute approximate surface area is 114 Å². The van der Waals surface area contributed by atoms with Crippen LogP contribution in [0.3, 0.4) is 0 Å². The highest BCUT2D eigenvalue weighted by Crippen LogP contribution is 2.35. The van der Waals surface area contributed by atoms with Crippen molar-refractivity contribution in [2.24, 2.45) is 17.1 Å². The lowest BCUT2D eigenvalue weighted by Crippen LogP contribution is -2.53. The molecule has 2 atom stereocenters. The number of hydrogen-bond donors (Lipinski definition) is 3. The van der Waals surface area contributed by atoms with E-state index in [0.29, 0.717) is 13.0 Å². The number of amides is 1. The van der Waals surface area contributed by atoms with Crippen LogP contribution in [-0.2, 0) is 9.59 Å². The second-order valence-corrected chi connectivity index (χ2v) is 5.72. The van der Waals surface area contributed by atoms with Gasteiger partial charge in [0.2, 0.25) is 5.91 Å². The number of nitrogens with two attached hydrogens (primary N) is 1. The maximum absolute atomic E-state index is 12.4. The smallest absolute Gasteiger partial charge is 0.326 e. The Balaban J connectivity index is 2.77. The second kappa shape index (κ2) is 6.89. The number of carboxylic acid groups (broad SMARTS) is 1. The van der Waals surface area contributed by atoms with E-state index in [1.807, 2.05) is 13.8 Å². The van der Waals surface area contributed by atoms with E-state index < -0.39 is 17.4 Å². The van der Waals surface area contributed by atoms with Gasteiger partial charge in [0.15, 0.2) is 0 Å².